The van der Waals surface area contributed by atoms with Gasteiger partial charge in [-0.25, -0.2) is 0 Å². The van der Waals surface area contributed by atoms with Crippen LogP contribution in [-0.2, 0) is 13.0 Å². The largest absolute Gasteiger partial charge is 0.493 e. The molecule has 1 atom stereocenters. The molecule has 0 amide bonds. The average molecular weight is 236 g/mol. The minimum Gasteiger partial charge on any atom is -0.493 e. The fraction of sp³-hybridized carbons (Fsp3) is 0.571. The molecule has 1 aromatic rings. The molecule has 3 heteroatoms. The number of hydrogen-bond acceptors (Lipinski definition) is 2. The first-order valence-corrected chi connectivity index (χ1v) is 6.19. The van der Waals surface area contributed by atoms with Crippen LogP contribution in [0.2, 0.25) is 0 Å². The number of hydrogen-bond donors (Lipinski definition) is 0. The van der Waals surface area contributed by atoms with E-state index in [0.29, 0.717) is 0 Å². The predicted molar refractivity (Wildman–Crippen MR) is 68.5 cm³/mol. The number of quaternary nitrogens is 1. The summed E-state index contributed by atoms with van der Waals surface area (Å²) in [4.78, 5) is 0. The maximum absolute atomic E-state index is 5.37. The fourth-order valence-corrected chi connectivity index (χ4v) is 2.49. The number of likely N-dealkylation sites (N-methyl/N-ethyl adjacent to an activating group) is 1. The van der Waals surface area contributed by atoms with Gasteiger partial charge >= 0.3 is 0 Å². The molecule has 0 saturated heterocycles. The van der Waals surface area contributed by atoms with Crippen molar-refractivity contribution in [3.63, 3.8) is 0 Å². The SMILES string of the molecule is CC[N+]1(C)CCc2cc(OC)c(OC)cc2C1. The van der Waals surface area contributed by atoms with Crippen LogP contribution in [0.5, 0.6) is 11.5 Å². The number of benzene rings is 1. The van der Waals surface area contributed by atoms with Crippen LogP contribution in [0.25, 0.3) is 0 Å². The van der Waals surface area contributed by atoms with Crippen LogP contribution < -0.4 is 9.47 Å². The molecule has 0 aromatic heterocycles. The standard InChI is InChI=1S/C14H22NO2/c1-5-15(2)7-6-11-8-13(16-3)14(17-4)9-12(11)10-15/h8-9H,5-7,10H2,1-4H3/q+1. The van der Waals surface area contributed by atoms with Crippen molar-refractivity contribution in [1.29, 1.82) is 0 Å². The lowest BCUT2D eigenvalue weighted by molar-refractivity contribution is -0.922. The Morgan fingerprint density at radius 3 is 2.24 bits per heavy atom. The summed E-state index contributed by atoms with van der Waals surface area (Å²) in [5.41, 5.74) is 2.81. The van der Waals surface area contributed by atoms with Gasteiger partial charge in [0, 0.05) is 12.0 Å². The lowest BCUT2D eigenvalue weighted by atomic mass is 9.97. The van der Waals surface area contributed by atoms with E-state index in [1.807, 2.05) is 0 Å². The van der Waals surface area contributed by atoms with Crippen LogP contribution in [0.3, 0.4) is 0 Å². The molecule has 0 N–H and O–H groups in total. The first-order valence-electron chi connectivity index (χ1n) is 6.19. The second kappa shape index (κ2) is 4.57. The van der Waals surface area contributed by atoms with Gasteiger partial charge in [0.25, 0.3) is 0 Å². The first-order chi connectivity index (χ1) is 8.11. The Balaban J connectivity index is 2.38. The van der Waals surface area contributed by atoms with Gasteiger partial charge in [-0.3, -0.25) is 0 Å². The van der Waals surface area contributed by atoms with Crippen molar-refractivity contribution < 1.29 is 14.0 Å². The average Bonchev–Trinajstić information content (AvgIpc) is 2.37. The van der Waals surface area contributed by atoms with Crippen LogP contribution in [0.4, 0.5) is 0 Å². The van der Waals surface area contributed by atoms with Crippen LogP contribution in [0.15, 0.2) is 12.1 Å². The van der Waals surface area contributed by atoms with Gasteiger partial charge in [0.15, 0.2) is 11.5 Å². The van der Waals surface area contributed by atoms with Crippen molar-refractivity contribution in [1.82, 2.24) is 0 Å². The zero-order valence-electron chi connectivity index (χ0n) is 11.2. The molecular formula is C14H22NO2+. The zero-order chi connectivity index (χ0) is 12.5. The highest BCUT2D eigenvalue weighted by molar-refractivity contribution is 5.47. The van der Waals surface area contributed by atoms with E-state index in [1.54, 1.807) is 14.2 Å². The van der Waals surface area contributed by atoms with Gasteiger partial charge in [0.1, 0.15) is 6.54 Å². The van der Waals surface area contributed by atoms with Gasteiger partial charge in [0.2, 0.25) is 0 Å². The summed E-state index contributed by atoms with van der Waals surface area (Å²) in [5.74, 6) is 1.69. The quantitative estimate of drug-likeness (QED) is 0.749. The number of ether oxygens (including phenoxy) is 2. The van der Waals surface area contributed by atoms with E-state index in [9.17, 15) is 0 Å². The smallest absolute Gasteiger partial charge is 0.161 e. The number of fused-ring (bicyclic) bond motifs is 1. The lowest BCUT2D eigenvalue weighted by Gasteiger charge is -2.38. The summed E-state index contributed by atoms with van der Waals surface area (Å²) in [6.07, 6.45) is 1.13. The Bertz CT molecular complexity index is 417. The molecule has 0 fully saturated rings. The highest BCUT2D eigenvalue weighted by Crippen LogP contribution is 2.34. The molecule has 3 nitrogen and oxygen atoms in total. The summed E-state index contributed by atoms with van der Waals surface area (Å²) >= 11 is 0. The van der Waals surface area contributed by atoms with E-state index in [-0.39, 0.29) is 0 Å². The van der Waals surface area contributed by atoms with Crippen LogP contribution in [-0.4, -0.2) is 38.8 Å². The fourth-order valence-electron chi connectivity index (χ4n) is 2.49. The molecule has 17 heavy (non-hydrogen) atoms. The van der Waals surface area contributed by atoms with E-state index >= 15 is 0 Å². The van der Waals surface area contributed by atoms with Crippen LogP contribution >= 0.6 is 0 Å². The van der Waals surface area contributed by atoms with E-state index < -0.39 is 0 Å². The molecule has 2 rings (SSSR count). The third-order valence-electron chi connectivity index (χ3n) is 3.94. The molecule has 0 aliphatic carbocycles. The minimum atomic E-state index is 0.843. The Kier molecular flexibility index (Phi) is 3.29. The number of nitrogens with zero attached hydrogens (tertiary/aromatic N) is 1. The normalized spacial score (nSPS) is 23.1. The molecule has 0 radical (unpaired) electrons. The van der Waals surface area contributed by atoms with Crippen LogP contribution in [0.1, 0.15) is 18.1 Å². The van der Waals surface area contributed by atoms with Crippen molar-refractivity contribution in [2.45, 2.75) is 19.9 Å². The van der Waals surface area contributed by atoms with Crippen LogP contribution in [0, 0.1) is 0 Å². The summed E-state index contributed by atoms with van der Waals surface area (Å²) in [6.45, 7) is 5.73. The van der Waals surface area contributed by atoms with E-state index in [1.165, 1.54) is 24.2 Å². The van der Waals surface area contributed by atoms with Gasteiger partial charge in [0.05, 0.1) is 34.4 Å². The molecule has 0 bridgehead atoms. The predicted octanol–water partition coefficient (Wildman–Crippen LogP) is 2.23. The topological polar surface area (TPSA) is 18.5 Å². The third kappa shape index (κ3) is 2.25. The second-order valence-electron chi connectivity index (χ2n) is 5.04. The van der Waals surface area contributed by atoms with Crippen molar-refractivity contribution in [2.75, 3.05) is 34.4 Å². The van der Waals surface area contributed by atoms with Gasteiger partial charge in [-0.2, -0.15) is 0 Å². The summed E-state index contributed by atoms with van der Waals surface area (Å²) in [7, 11) is 5.71. The van der Waals surface area contributed by atoms with Gasteiger partial charge in [-0.05, 0) is 24.6 Å². The molecule has 0 spiro atoms. The van der Waals surface area contributed by atoms with E-state index in [2.05, 4.69) is 26.1 Å². The second-order valence-corrected chi connectivity index (χ2v) is 5.04. The molecule has 1 aliphatic heterocycles. The highest BCUT2D eigenvalue weighted by atomic mass is 16.5. The molecule has 1 aromatic carbocycles. The molecule has 1 heterocycles. The minimum absolute atomic E-state index is 0.843. The Labute approximate surface area is 104 Å². The number of methoxy groups -OCH3 is 2. The van der Waals surface area contributed by atoms with Gasteiger partial charge in [-0.1, -0.05) is 0 Å². The molecule has 1 aliphatic rings. The number of rotatable bonds is 3. The van der Waals surface area contributed by atoms with Gasteiger partial charge < -0.3 is 14.0 Å². The summed E-state index contributed by atoms with van der Waals surface area (Å²) in [6, 6.07) is 4.27. The Morgan fingerprint density at radius 1 is 1.12 bits per heavy atom. The van der Waals surface area contributed by atoms with Crippen molar-refractivity contribution in [2.24, 2.45) is 0 Å². The van der Waals surface area contributed by atoms with E-state index in [0.717, 1.165) is 28.9 Å². The molecule has 1 unspecified atom stereocenters. The third-order valence-corrected chi connectivity index (χ3v) is 3.94. The van der Waals surface area contributed by atoms with Crippen molar-refractivity contribution >= 4 is 0 Å². The Hall–Kier alpha value is -1.22. The summed E-state index contributed by atoms with van der Waals surface area (Å²) in [5, 5.41) is 0. The lowest BCUT2D eigenvalue weighted by Crippen LogP contribution is -2.47. The first kappa shape index (κ1) is 12.2. The highest BCUT2D eigenvalue weighted by Gasteiger charge is 2.28. The Morgan fingerprint density at radius 2 is 1.71 bits per heavy atom. The van der Waals surface area contributed by atoms with Gasteiger partial charge in [-0.15, -0.1) is 0 Å². The monoisotopic (exact) mass is 236 g/mol. The maximum Gasteiger partial charge on any atom is 0.161 e. The van der Waals surface area contributed by atoms with E-state index in [4.69, 9.17) is 9.47 Å². The van der Waals surface area contributed by atoms with Crippen molar-refractivity contribution in [3.05, 3.63) is 23.3 Å². The molecule has 94 valence electrons. The van der Waals surface area contributed by atoms with Crippen molar-refractivity contribution in [3.8, 4) is 11.5 Å². The zero-order valence-corrected chi connectivity index (χ0v) is 11.2. The molecular weight excluding hydrogens is 214 g/mol. The molecule has 0 saturated carbocycles. The summed E-state index contributed by atoms with van der Waals surface area (Å²) < 4.78 is 11.8. The maximum atomic E-state index is 5.37.